The lowest BCUT2D eigenvalue weighted by Gasteiger charge is -2.32. The first kappa shape index (κ1) is 77.3. The highest BCUT2D eigenvalue weighted by atomic mass is 79.9. The maximum atomic E-state index is 14.6. The number of benzene rings is 4. The van der Waals surface area contributed by atoms with Gasteiger partial charge in [-0.05, 0) is 125 Å². The van der Waals surface area contributed by atoms with Crippen molar-refractivity contribution in [2.24, 2.45) is 0 Å². The number of ether oxygens (including phenoxy) is 2. The SMILES string of the molecule is C.CC(=O)c1cn(CCN2C[C@H](F)C[C@H]2C(=O)Nc2cccc(OC(F)(F)F)c2F)c2ccc(-c3cnc4cc(C)nn4c3)cc12.CC(=O)c1cn(CCN2C[C@H](F)C[C@H]2C(=O)Nc2cccc(OC(F)(F)F)c2F)c2ccc(B3OC(C)(C)C(C)(C)O3)cc12.Cc1cc2ncc(Br)cn2n1.S. The minimum absolute atomic E-state index is 0. The second-order valence-corrected chi connectivity index (χ2v) is 26.4. The van der Waals surface area contributed by atoms with Gasteiger partial charge in [-0.25, -0.2) is 36.6 Å². The average molecular weight is 1510 g/mol. The van der Waals surface area contributed by atoms with E-state index < -0.39 is 102 Å². The molecule has 13 rings (SSSR count). The van der Waals surface area contributed by atoms with Crippen LogP contribution in [-0.4, -0.2) is 153 Å². The van der Waals surface area contributed by atoms with Crippen LogP contribution < -0.4 is 25.6 Å². The van der Waals surface area contributed by atoms with Gasteiger partial charge in [-0.3, -0.25) is 29.0 Å². The molecule has 3 fully saturated rings. The number of anilines is 2. The summed E-state index contributed by atoms with van der Waals surface area (Å²) in [6.07, 6.45) is -2.60. The fraction of sp³-hybridized carbons (Fsp3) is 0.362. The number of rotatable bonds is 16. The highest BCUT2D eigenvalue weighted by molar-refractivity contribution is 9.10. The Hall–Kier alpha value is -8.89. The summed E-state index contributed by atoms with van der Waals surface area (Å²) in [7, 11) is -0.622. The standard InChI is InChI=1S/C31H27F5N6O3.C30H33BF5N3O5.C7H6BrN3.CH4.H2S/c1-17-10-28-37-13-20(14-42(28)39-17)19-6-7-25-22(11-19)23(18(2)43)16-41(25)9-8-40-15-21(32)12-26(40)30(44)38-24-4-3-5-27(29(24)33)45-31(34,35)36;1-17(40)21-16-39(23-10-9-18(13-20(21)23)31-43-28(2,3)29(4,5)44-31)12-11-38-15-19(32)14-24(38)27(41)37-22-7-6-8-25(26(22)33)42-30(34,35)36;1-5-2-7-9-3-6(8)4-11(7)10-5;;/h3-7,10-11,13-14,16,21,26H,8-9,12,15H2,1-2H3,(H,38,44);6-10,13,16,19,24H,11-12,14-15H2,1-5H3,(H,37,41);2-4H,1H3;1H4;1H2/t21-,26+;19-,24+;;;/m11.../s1. The highest BCUT2D eigenvalue weighted by Crippen LogP contribution is 2.38. The van der Waals surface area contributed by atoms with Crippen LogP contribution in [0.2, 0.25) is 0 Å². The third-order valence-corrected chi connectivity index (χ3v) is 18.1. The Kier molecular flexibility index (Phi) is 23.2. The molecule has 2 N–H and O–H groups in total. The Morgan fingerprint density at radius 2 is 1.05 bits per heavy atom. The number of alkyl halides is 8. The van der Waals surface area contributed by atoms with Gasteiger partial charge in [-0.2, -0.15) is 23.7 Å². The number of carbonyl (C=O) groups is 4. The quantitative estimate of drug-likeness (QED) is 0.0525. The van der Waals surface area contributed by atoms with E-state index in [0.29, 0.717) is 40.6 Å². The zero-order valence-corrected chi connectivity index (χ0v) is 58.1. The molecule has 102 heavy (non-hydrogen) atoms. The summed E-state index contributed by atoms with van der Waals surface area (Å²) < 4.78 is 162. The Labute approximate surface area is 594 Å². The number of ketones is 2. The van der Waals surface area contributed by atoms with E-state index in [1.54, 1.807) is 43.6 Å². The number of aromatic nitrogens is 8. The minimum atomic E-state index is -5.12. The molecular formula is C69H72BBrF10N12O8S. The molecule has 4 atom stereocenters. The van der Waals surface area contributed by atoms with Gasteiger partial charge in [-0.15, -0.1) is 26.3 Å². The normalized spacial score (nSPS) is 18.1. The third kappa shape index (κ3) is 17.4. The summed E-state index contributed by atoms with van der Waals surface area (Å²) in [6, 6.07) is 19.0. The molecule has 9 heterocycles. The van der Waals surface area contributed by atoms with E-state index in [1.165, 1.54) is 13.8 Å². The van der Waals surface area contributed by atoms with E-state index in [9.17, 15) is 63.1 Å². The lowest BCUT2D eigenvalue weighted by Crippen LogP contribution is -2.41. The van der Waals surface area contributed by atoms with Gasteiger partial charge in [0.15, 0.2) is 46.0 Å². The summed E-state index contributed by atoms with van der Waals surface area (Å²) in [5, 5.41) is 14.6. The summed E-state index contributed by atoms with van der Waals surface area (Å²) in [5.41, 5.74) is 6.17. The molecule has 0 aliphatic carbocycles. The average Bonchev–Trinajstić information content (AvgIpc) is 1.61. The molecule has 20 nitrogen and oxygen atoms in total. The highest BCUT2D eigenvalue weighted by Gasteiger charge is 2.52. The van der Waals surface area contributed by atoms with Crippen molar-refractivity contribution < 1.29 is 81.9 Å². The second kappa shape index (κ2) is 30.6. The van der Waals surface area contributed by atoms with Crippen LogP contribution in [0.1, 0.15) is 93.9 Å². The molecule has 3 aliphatic heterocycles. The van der Waals surface area contributed by atoms with Gasteiger partial charge < -0.3 is 38.6 Å². The molecule has 0 spiro atoms. The summed E-state index contributed by atoms with van der Waals surface area (Å²) in [5.74, 6) is -6.79. The van der Waals surface area contributed by atoms with Crippen LogP contribution >= 0.6 is 29.4 Å². The number of likely N-dealkylation sites (tertiary alicyclic amines) is 2. The predicted octanol–water partition coefficient (Wildman–Crippen LogP) is 13.7. The smallest absolute Gasteiger partial charge is 0.403 e. The van der Waals surface area contributed by atoms with E-state index >= 15 is 0 Å². The number of Topliss-reactive ketones (excluding diaryl/α,β-unsaturated/α-hetero) is 2. The number of amides is 2. The largest absolute Gasteiger partial charge is 0.573 e. The third-order valence-electron chi connectivity index (χ3n) is 17.7. The number of hydrogen-bond acceptors (Lipinski definition) is 14. The number of nitrogens with zero attached hydrogens (tertiary/aromatic N) is 10. The molecule has 33 heteroatoms. The topological polar surface area (TPSA) is 206 Å². The Bertz CT molecular complexity index is 4760. The van der Waals surface area contributed by atoms with Crippen LogP contribution in [0.5, 0.6) is 11.5 Å². The van der Waals surface area contributed by atoms with Crippen molar-refractivity contribution in [3.05, 3.63) is 161 Å². The lowest BCUT2D eigenvalue weighted by molar-refractivity contribution is -0.276. The molecule has 0 radical (unpaired) electrons. The van der Waals surface area contributed by atoms with Gasteiger partial charge >= 0.3 is 19.8 Å². The summed E-state index contributed by atoms with van der Waals surface area (Å²) in [4.78, 5) is 63.1. The van der Waals surface area contributed by atoms with E-state index in [4.69, 9.17) is 9.31 Å². The summed E-state index contributed by atoms with van der Waals surface area (Å²) >= 11 is 3.32. The number of fused-ring (bicyclic) bond motifs is 4. The molecule has 3 aliphatic rings. The van der Waals surface area contributed by atoms with E-state index in [0.717, 1.165) is 85.5 Å². The molecule has 0 unspecified atom stereocenters. The first-order chi connectivity index (χ1) is 47.1. The maximum absolute atomic E-state index is 14.6. The van der Waals surface area contributed by atoms with Crippen molar-refractivity contribution in [3.8, 4) is 22.6 Å². The van der Waals surface area contributed by atoms with Crippen molar-refractivity contribution in [2.45, 2.75) is 137 Å². The fourth-order valence-corrected chi connectivity index (χ4v) is 12.5. The van der Waals surface area contributed by atoms with Gasteiger partial charge in [0.1, 0.15) is 12.3 Å². The van der Waals surface area contributed by atoms with Gasteiger partial charge in [0, 0.05) is 140 Å². The zero-order chi connectivity index (χ0) is 72.1. The molecule has 0 bridgehead atoms. The minimum Gasteiger partial charge on any atom is -0.403 e. The molecule has 542 valence electrons. The lowest BCUT2D eigenvalue weighted by atomic mass is 9.78. The zero-order valence-electron chi connectivity index (χ0n) is 55.5. The first-order valence-electron chi connectivity index (χ1n) is 31.5. The maximum Gasteiger partial charge on any atom is 0.573 e. The van der Waals surface area contributed by atoms with Gasteiger partial charge in [0.05, 0.1) is 50.5 Å². The molecule has 0 saturated carbocycles. The number of nitrogens with one attached hydrogen (secondary N) is 2. The van der Waals surface area contributed by atoms with Crippen molar-refractivity contribution in [1.29, 1.82) is 0 Å². The van der Waals surface area contributed by atoms with Crippen LogP contribution in [-0.2, 0) is 32.0 Å². The predicted molar refractivity (Wildman–Crippen MR) is 372 cm³/mol. The van der Waals surface area contributed by atoms with Gasteiger partial charge in [-0.1, -0.05) is 37.8 Å². The Balaban J connectivity index is 0.000000202. The number of hydrogen-bond donors (Lipinski definition) is 2. The van der Waals surface area contributed by atoms with E-state index in [1.807, 2.05) is 112 Å². The summed E-state index contributed by atoms with van der Waals surface area (Å²) in [6.45, 7) is 15.4. The van der Waals surface area contributed by atoms with E-state index in [2.05, 4.69) is 56.2 Å². The Morgan fingerprint density at radius 3 is 1.51 bits per heavy atom. The molecule has 10 aromatic rings. The number of aryl methyl sites for hydroxylation is 2. The van der Waals surface area contributed by atoms with Crippen molar-refractivity contribution in [2.75, 3.05) is 36.8 Å². The van der Waals surface area contributed by atoms with Crippen LogP contribution in [0.15, 0.2) is 127 Å². The van der Waals surface area contributed by atoms with Crippen LogP contribution in [0.3, 0.4) is 0 Å². The van der Waals surface area contributed by atoms with Crippen LogP contribution in [0, 0.1) is 25.5 Å². The van der Waals surface area contributed by atoms with Crippen LogP contribution in [0.4, 0.5) is 55.3 Å². The Morgan fingerprint density at radius 1 is 0.608 bits per heavy atom. The molecular weight excluding hydrogens is 1440 g/mol. The van der Waals surface area contributed by atoms with Crippen LogP contribution in [0.25, 0.3) is 44.2 Å². The van der Waals surface area contributed by atoms with Crippen molar-refractivity contribution >= 4 is 110 Å². The van der Waals surface area contributed by atoms with Gasteiger partial charge in [0.25, 0.3) is 0 Å². The van der Waals surface area contributed by atoms with E-state index in [-0.39, 0.29) is 71.5 Å². The van der Waals surface area contributed by atoms with Crippen molar-refractivity contribution in [1.82, 2.24) is 48.1 Å². The molecule has 3 saturated heterocycles. The van der Waals surface area contributed by atoms with Gasteiger partial charge in [0.2, 0.25) is 11.8 Å². The number of halogens is 11. The number of carbonyl (C=O) groups excluding carboxylic acids is 4. The second-order valence-electron chi connectivity index (χ2n) is 25.5. The first-order valence-corrected chi connectivity index (χ1v) is 32.3. The monoisotopic (exact) mass is 1510 g/mol. The fourth-order valence-electron chi connectivity index (χ4n) is 12.2. The van der Waals surface area contributed by atoms with Crippen molar-refractivity contribution in [3.63, 3.8) is 0 Å². The molecule has 4 aromatic carbocycles. The molecule has 6 aromatic heterocycles. The molecule has 2 amide bonds.